The molecule has 7 aliphatic carbocycles. The minimum absolute atomic E-state index is 0.958. The quantitative estimate of drug-likeness (QED) is 0.563. The number of hydrogen-bond donors (Lipinski definition) is 0. The molecule has 126 valence electrons. The highest BCUT2D eigenvalue weighted by Gasteiger charge is 2.74. The highest BCUT2D eigenvalue weighted by Crippen LogP contribution is 2.79. The lowest BCUT2D eigenvalue weighted by Gasteiger charge is -2.49. The van der Waals surface area contributed by atoms with E-state index in [2.05, 4.69) is 13.8 Å². The summed E-state index contributed by atoms with van der Waals surface area (Å²) in [5, 5.41) is 0. The molecule has 23 heavy (non-hydrogen) atoms. The molecule has 7 saturated carbocycles. The highest BCUT2D eigenvalue weighted by molar-refractivity contribution is 5.22. The van der Waals surface area contributed by atoms with E-state index >= 15 is 0 Å². The summed E-state index contributed by atoms with van der Waals surface area (Å²) in [7, 11) is 0. The first-order chi connectivity index (χ1) is 11.2. The van der Waals surface area contributed by atoms with Gasteiger partial charge in [-0.05, 0) is 121 Å². The van der Waals surface area contributed by atoms with Crippen LogP contribution >= 0.6 is 0 Å². The lowest BCUT2D eigenvalue weighted by molar-refractivity contribution is -0.0239. The molecule has 0 N–H and O–H groups in total. The average molecular weight is 311 g/mol. The zero-order chi connectivity index (χ0) is 15.0. The van der Waals surface area contributed by atoms with Crippen molar-refractivity contribution < 1.29 is 0 Å². The molecule has 0 heterocycles. The van der Waals surface area contributed by atoms with Crippen LogP contribution in [-0.2, 0) is 0 Å². The molecule has 0 spiro atoms. The highest BCUT2D eigenvalue weighted by atomic mass is 14.8. The van der Waals surface area contributed by atoms with Gasteiger partial charge in [-0.25, -0.2) is 0 Å². The zero-order valence-corrected chi connectivity index (χ0v) is 15.0. The van der Waals surface area contributed by atoms with Gasteiger partial charge in [0.1, 0.15) is 0 Å². The van der Waals surface area contributed by atoms with Crippen molar-refractivity contribution in [2.24, 2.45) is 82.9 Å². The standard InChI is InChI=1S/C23H34/c1-10(2)14-6-11-7-15(14)21-19-9-18(20(11)21)22-16-8-17(23(19)22)13-5-3-4-12(13)16/h10-23H,3-9H2,1-2H3. The van der Waals surface area contributed by atoms with Crippen molar-refractivity contribution in [2.75, 3.05) is 0 Å². The van der Waals surface area contributed by atoms with Crippen LogP contribution in [0.1, 0.15) is 58.8 Å². The third-order valence-corrected chi connectivity index (χ3v) is 11.3. The Morgan fingerprint density at radius 3 is 1.87 bits per heavy atom. The molecule has 6 bridgehead atoms. The predicted octanol–water partition coefficient (Wildman–Crippen LogP) is 5.48. The van der Waals surface area contributed by atoms with Crippen molar-refractivity contribution in [1.82, 2.24) is 0 Å². The van der Waals surface area contributed by atoms with Crippen molar-refractivity contribution in [1.29, 1.82) is 0 Å². The second kappa shape index (κ2) is 4.04. The van der Waals surface area contributed by atoms with Crippen LogP contribution < -0.4 is 0 Å². The summed E-state index contributed by atoms with van der Waals surface area (Å²) in [6.45, 7) is 5.05. The van der Waals surface area contributed by atoms with E-state index in [0.29, 0.717) is 0 Å². The fourth-order valence-corrected chi connectivity index (χ4v) is 11.4. The molecule has 7 rings (SSSR count). The van der Waals surface area contributed by atoms with Gasteiger partial charge in [-0.15, -0.1) is 0 Å². The summed E-state index contributed by atoms with van der Waals surface area (Å²) in [5.74, 6) is 16.6. The van der Waals surface area contributed by atoms with Crippen molar-refractivity contribution in [2.45, 2.75) is 58.8 Å². The third-order valence-electron chi connectivity index (χ3n) is 11.3. The smallest absolute Gasteiger partial charge is 0.0318 e. The van der Waals surface area contributed by atoms with E-state index in [-0.39, 0.29) is 0 Å². The van der Waals surface area contributed by atoms with E-state index in [9.17, 15) is 0 Å². The number of fused-ring (bicyclic) bond motifs is 19. The first-order valence-electron chi connectivity index (χ1n) is 11.2. The van der Waals surface area contributed by atoms with Gasteiger partial charge in [0.05, 0.1) is 0 Å². The van der Waals surface area contributed by atoms with Crippen LogP contribution in [-0.4, -0.2) is 0 Å². The van der Waals surface area contributed by atoms with E-state index in [1.165, 1.54) is 71.0 Å². The topological polar surface area (TPSA) is 0 Å². The molecular formula is C23H34. The molecule has 0 amide bonds. The van der Waals surface area contributed by atoms with Crippen LogP contribution in [0, 0.1) is 82.9 Å². The predicted molar refractivity (Wildman–Crippen MR) is 92.5 cm³/mol. The average Bonchev–Trinajstić information content (AvgIpc) is 3.34. The Hall–Kier alpha value is 0. The molecule has 0 nitrogen and oxygen atoms in total. The van der Waals surface area contributed by atoms with Gasteiger partial charge in [0.15, 0.2) is 0 Å². The molecule has 7 aliphatic rings. The van der Waals surface area contributed by atoms with Crippen molar-refractivity contribution in [3.8, 4) is 0 Å². The van der Waals surface area contributed by atoms with Gasteiger partial charge >= 0.3 is 0 Å². The Bertz CT molecular complexity index is 542. The zero-order valence-electron chi connectivity index (χ0n) is 15.0. The Morgan fingerprint density at radius 2 is 1.17 bits per heavy atom. The van der Waals surface area contributed by atoms with Gasteiger partial charge in [0.2, 0.25) is 0 Å². The fourth-order valence-electron chi connectivity index (χ4n) is 11.4. The van der Waals surface area contributed by atoms with E-state index in [1.54, 1.807) is 44.9 Å². The molecule has 13 atom stereocenters. The maximum Gasteiger partial charge on any atom is -0.0318 e. The van der Waals surface area contributed by atoms with E-state index < -0.39 is 0 Å². The minimum Gasteiger partial charge on any atom is -0.0625 e. The normalized spacial score (nSPS) is 69.8. The second-order valence-corrected chi connectivity index (χ2v) is 11.5. The van der Waals surface area contributed by atoms with E-state index in [0.717, 1.165) is 11.8 Å². The monoisotopic (exact) mass is 310 g/mol. The maximum atomic E-state index is 2.52. The lowest BCUT2D eigenvalue weighted by Crippen LogP contribution is -2.45. The summed E-state index contributed by atoms with van der Waals surface area (Å²) in [6.07, 6.45) is 11.5. The summed E-state index contributed by atoms with van der Waals surface area (Å²) in [4.78, 5) is 0. The maximum absolute atomic E-state index is 2.52. The SMILES string of the molecule is CC(C)C1CC2CC1C1C3CC(C21)C1C2CC(C4CCCC42)C31. The van der Waals surface area contributed by atoms with Crippen molar-refractivity contribution in [3.05, 3.63) is 0 Å². The molecular weight excluding hydrogens is 276 g/mol. The number of rotatable bonds is 1. The van der Waals surface area contributed by atoms with Crippen LogP contribution in [0.3, 0.4) is 0 Å². The number of hydrogen-bond acceptors (Lipinski definition) is 0. The molecule has 0 aromatic heterocycles. The minimum atomic E-state index is 0.958. The molecule has 0 heteroatoms. The van der Waals surface area contributed by atoms with Crippen molar-refractivity contribution in [3.63, 3.8) is 0 Å². The summed E-state index contributed by atoms with van der Waals surface area (Å²) in [5.41, 5.74) is 0. The van der Waals surface area contributed by atoms with Crippen molar-refractivity contribution >= 4 is 0 Å². The second-order valence-electron chi connectivity index (χ2n) is 11.5. The van der Waals surface area contributed by atoms with Gasteiger partial charge in [0.25, 0.3) is 0 Å². The Kier molecular flexibility index (Phi) is 2.33. The van der Waals surface area contributed by atoms with E-state index in [1.807, 2.05) is 0 Å². The first kappa shape index (κ1) is 13.2. The van der Waals surface area contributed by atoms with E-state index in [4.69, 9.17) is 0 Å². The molecule has 0 aromatic rings. The van der Waals surface area contributed by atoms with Crippen LogP contribution in [0.15, 0.2) is 0 Å². The summed E-state index contributed by atoms with van der Waals surface area (Å²) < 4.78 is 0. The van der Waals surface area contributed by atoms with Crippen LogP contribution in [0.2, 0.25) is 0 Å². The molecule has 0 radical (unpaired) electrons. The van der Waals surface area contributed by atoms with Crippen LogP contribution in [0.4, 0.5) is 0 Å². The Balaban J connectivity index is 1.27. The summed E-state index contributed by atoms with van der Waals surface area (Å²) in [6, 6.07) is 0. The van der Waals surface area contributed by atoms with Crippen LogP contribution in [0.5, 0.6) is 0 Å². The molecule has 13 unspecified atom stereocenters. The van der Waals surface area contributed by atoms with Gasteiger partial charge in [0, 0.05) is 0 Å². The Labute approximate surface area is 142 Å². The van der Waals surface area contributed by atoms with Crippen LogP contribution in [0.25, 0.3) is 0 Å². The first-order valence-corrected chi connectivity index (χ1v) is 11.2. The van der Waals surface area contributed by atoms with Gasteiger partial charge in [-0.3, -0.25) is 0 Å². The lowest BCUT2D eigenvalue weighted by atomic mass is 9.55. The largest absolute Gasteiger partial charge is 0.0625 e. The summed E-state index contributed by atoms with van der Waals surface area (Å²) >= 11 is 0. The van der Waals surface area contributed by atoms with Gasteiger partial charge in [-0.1, -0.05) is 20.3 Å². The molecule has 0 aromatic carbocycles. The Morgan fingerprint density at radius 1 is 0.565 bits per heavy atom. The van der Waals surface area contributed by atoms with Gasteiger partial charge in [-0.2, -0.15) is 0 Å². The van der Waals surface area contributed by atoms with Gasteiger partial charge < -0.3 is 0 Å². The fraction of sp³-hybridized carbons (Fsp3) is 1.00. The molecule has 0 saturated heterocycles. The molecule has 0 aliphatic heterocycles. The third kappa shape index (κ3) is 1.31. The molecule has 7 fully saturated rings.